The lowest BCUT2D eigenvalue weighted by Crippen LogP contribution is -2.04. The normalized spacial score (nSPS) is 13.5. The van der Waals surface area contributed by atoms with Gasteiger partial charge in [0.25, 0.3) is 0 Å². The van der Waals surface area contributed by atoms with Crippen LogP contribution in [0.1, 0.15) is 60.1 Å². The molecule has 0 saturated heterocycles. The van der Waals surface area contributed by atoms with Crippen LogP contribution in [0.2, 0.25) is 0 Å². The van der Waals surface area contributed by atoms with Gasteiger partial charge in [-0.15, -0.1) is 0 Å². The van der Waals surface area contributed by atoms with E-state index in [9.17, 15) is 4.57 Å². The largest absolute Gasteiger partial charge is 0.467 e. The molecule has 0 radical (unpaired) electrons. The Morgan fingerprint density at radius 3 is 2.24 bits per heavy atom. The van der Waals surface area contributed by atoms with Crippen molar-refractivity contribution in [3.8, 4) is 5.75 Å². The number of hydrogen-bond donors (Lipinski definition) is 0. The van der Waals surface area contributed by atoms with Crippen LogP contribution in [0, 0.1) is 13.8 Å². The van der Waals surface area contributed by atoms with Crippen LogP contribution in [-0.2, 0) is 26.4 Å². The van der Waals surface area contributed by atoms with E-state index >= 15 is 0 Å². The van der Waals surface area contributed by atoms with E-state index in [4.69, 9.17) is 14.0 Å². The lowest BCUT2D eigenvalue weighted by Gasteiger charge is -2.18. The average molecular weight is 419 g/mol. The molecule has 0 fully saturated rings. The second-order valence-electron chi connectivity index (χ2n) is 8.05. The summed E-state index contributed by atoms with van der Waals surface area (Å²) in [5.74, 6) is 1.24. The summed E-state index contributed by atoms with van der Waals surface area (Å²) in [5, 5.41) is 0. The lowest BCUT2D eigenvalue weighted by molar-refractivity contribution is 0.0502. The predicted molar refractivity (Wildman–Crippen MR) is 121 cm³/mol. The highest BCUT2D eigenvalue weighted by Crippen LogP contribution is 2.46. The standard InChI is InChI=1S/C24H35O4P/c1-8-28-29(7,25)15-21-11-18(4)23(19(5)12-21)14-20-9-10-24(27-16-26-6)22(13-20)17(2)3/h9-13,17H,8,14-16H2,1-7H3. The summed E-state index contributed by atoms with van der Waals surface area (Å²) in [6.07, 6.45) is 1.34. The molecule has 2 rings (SSSR count). The van der Waals surface area contributed by atoms with Gasteiger partial charge in [-0.25, -0.2) is 0 Å². The van der Waals surface area contributed by atoms with Gasteiger partial charge in [0, 0.05) is 19.9 Å². The molecule has 0 aromatic heterocycles. The van der Waals surface area contributed by atoms with Crippen LogP contribution in [0.3, 0.4) is 0 Å². The van der Waals surface area contributed by atoms with E-state index in [1.807, 2.05) is 13.0 Å². The highest BCUT2D eigenvalue weighted by molar-refractivity contribution is 7.57. The van der Waals surface area contributed by atoms with Gasteiger partial charge in [0.05, 0.1) is 6.61 Å². The van der Waals surface area contributed by atoms with Crippen molar-refractivity contribution < 1.29 is 18.6 Å². The summed E-state index contributed by atoms with van der Waals surface area (Å²) in [6.45, 7) is 12.9. The van der Waals surface area contributed by atoms with Crippen molar-refractivity contribution in [1.82, 2.24) is 0 Å². The Morgan fingerprint density at radius 2 is 1.69 bits per heavy atom. The molecule has 0 N–H and O–H groups in total. The molecular formula is C24H35O4P. The second kappa shape index (κ2) is 10.4. The van der Waals surface area contributed by atoms with Gasteiger partial charge in [-0.05, 0) is 72.6 Å². The quantitative estimate of drug-likeness (QED) is 0.329. The molecule has 0 heterocycles. The van der Waals surface area contributed by atoms with Gasteiger partial charge < -0.3 is 14.0 Å². The molecule has 2 aromatic rings. The SMILES string of the molecule is CCOP(C)(=O)Cc1cc(C)c(Cc2ccc(OCOC)c(C(C)C)c2)c(C)c1. The lowest BCUT2D eigenvalue weighted by atomic mass is 9.92. The Labute approximate surface area is 176 Å². The third kappa shape index (κ3) is 6.70. The molecule has 0 bridgehead atoms. The fourth-order valence-corrected chi connectivity index (χ4v) is 5.20. The molecule has 0 aliphatic rings. The van der Waals surface area contributed by atoms with E-state index in [-0.39, 0.29) is 6.79 Å². The third-order valence-electron chi connectivity index (χ3n) is 5.04. The van der Waals surface area contributed by atoms with E-state index in [1.54, 1.807) is 13.8 Å². The summed E-state index contributed by atoms with van der Waals surface area (Å²) in [7, 11) is -0.963. The Bertz CT molecular complexity index is 850. The van der Waals surface area contributed by atoms with Crippen molar-refractivity contribution in [3.63, 3.8) is 0 Å². The molecule has 0 saturated carbocycles. The fraction of sp³-hybridized carbons (Fsp3) is 0.500. The van der Waals surface area contributed by atoms with Gasteiger partial charge >= 0.3 is 0 Å². The summed E-state index contributed by atoms with van der Waals surface area (Å²) < 4.78 is 28.8. The Hall–Kier alpha value is -1.61. The Balaban J connectivity index is 2.28. The summed E-state index contributed by atoms with van der Waals surface area (Å²) >= 11 is 0. The molecule has 2 aromatic carbocycles. The van der Waals surface area contributed by atoms with E-state index in [0.717, 1.165) is 17.7 Å². The number of rotatable bonds is 10. The van der Waals surface area contributed by atoms with E-state index in [1.165, 1.54) is 27.8 Å². The van der Waals surface area contributed by atoms with Crippen LogP contribution >= 0.6 is 7.37 Å². The highest BCUT2D eigenvalue weighted by atomic mass is 31.2. The Kier molecular flexibility index (Phi) is 8.51. The van der Waals surface area contributed by atoms with Gasteiger partial charge in [-0.1, -0.05) is 38.1 Å². The molecule has 4 nitrogen and oxygen atoms in total. The van der Waals surface area contributed by atoms with Crippen molar-refractivity contribution in [3.05, 3.63) is 63.7 Å². The maximum atomic E-state index is 12.5. The molecular weight excluding hydrogens is 383 g/mol. The van der Waals surface area contributed by atoms with Gasteiger partial charge in [-0.3, -0.25) is 4.57 Å². The molecule has 29 heavy (non-hydrogen) atoms. The van der Waals surface area contributed by atoms with Crippen molar-refractivity contribution in [2.24, 2.45) is 0 Å². The number of aryl methyl sites for hydroxylation is 2. The van der Waals surface area contributed by atoms with E-state index < -0.39 is 7.37 Å². The number of ether oxygens (including phenoxy) is 2. The maximum absolute atomic E-state index is 12.5. The van der Waals surface area contributed by atoms with Gasteiger partial charge in [0.1, 0.15) is 5.75 Å². The summed E-state index contributed by atoms with van der Waals surface area (Å²) in [5.41, 5.74) is 7.29. The zero-order chi connectivity index (χ0) is 21.6. The second-order valence-corrected chi connectivity index (χ2v) is 10.7. The first-order valence-corrected chi connectivity index (χ1v) is 12.5. The van der Waals surface area contributed by atoms with Crippen LogP contribution in [0.15, 0.2) is 30.3 Å². The van der Waals surface area contributed by atoms with E-state index in [2.05, 4.69) is 52.0 Å². The third-order valence-corrected chi connectivity index (χ3v) is 6.78. The van der Waals surface area contributed by atoms with Gasteiger partial charge in [0.15, 0.2) is 6.79 Å². The summed E-state index contributed by atoms with van der Waals surface area (Å²) in [6, 6.07) is 10.7. The minimum Gasteiger partial charge on any atom is -0.467 e. The van der Waals surface area contributed by atoms with Crippen LogP contribution in [-0.4, -0.2) is 27.2 Å². The predicted octanol–water partition coefficient (Wildman–Crippen LogP) is 6.44. The topological polar surface area (TPSA) is 44.8 Å². The van der Waals surface area contributed by atoms with Crippen LogP contribution in [0.4, 0.5) is 0 Å². The molecule has 1 unspecified atom stereocenters. The van der Waals surface area contributed by atoms with E-state index in [0.29, 0.717) is 18.7 Å². The highest BCUT2D eigenvalue weighted by Gasteiger charge is 2.18. The number of methoxy groups -OCH3 is 1. The van der Waals surface area contributed by atoms with Crippen molar-refractivity contribution >= 4 is 7.37 Å². The minimum atomic E-state index is -2.59. The Morgan fingerprint density at radius 1 is 1.03 bits per heavy atom. The van der Waals surface area contributed by atoms with Crippen LogP contribution in [0.25, 0.3) is 0 Å². The molecule has 0 aliphatic carbocycles. The smallest absolute Gasteiger partial charge is 0.204 e. The monoisotopic (exact) mass is 418 g/mol. The zero-order valence-electron chi connectivity index (χ0n) is 18.9. The molecule has 0 aliphatic heterocycles. The average Bonchev–Trinajstić information content (AvgIpc) is 2.62. The maximum Gasteiger partial charge on any atom is 0.204 e. The molecule has 160 valence electrons. The molecule has 1 atom stereocenters. The van der Waals surface area contributed by atoms with Crippen molar-refractivity contribution in [1.29, 1.82) is 0 Å². The number of hydrogen-bond acceptors (Lipinski definition) is 4. The zero-order valence-corrected chi connectivity index (χ0v) is 19.8. The van der Waals surface area contributed by atoms with Crippen molar-refractivity contribution in [2.45, 2.75) is 53.1 Å². The molecule has 0 spiro atoms. The molecule has 0 amide bonds. The fourth-order valence-electron chi connectivity index (χ4n) is 3.72. The first-order valence-electron chi connectivity index (χ1n) is 10.2. The molecule has 5 heteroatoms. The minimum absolute atomic E-state index is 0.252. The van der Waals surface area contributed by atoms with Crippen LogP contribution in [0.5, 0.6) is 5.75 Å². The first kappa shape index (κ1) is 23.7. The van der Waals surface area contributed by atoms with Crippen LogP contribution < -0.4 is 4.74 Å². The number of benzene rings is 2. The van der Waals surface area contributed by atoms with Gasteiger partial charge in [0.2, 0.25) is 7.37 Å². The van der Waals surface area contributed by atoms with Crippen molar-refractivity contribution in [2.75, 3.05) is 27.2 Å². The summed E-state index contributed by atoms with van der Waals surface area (Å²) in [4.78, 5) is 0. The van der Waals surface area contributed by atoms with Gasteiger partial charge in [-0.2, -0.15) is 0 Å². The first-order chi connectivity index (χ1) is 13.7.